The highest BCUT2D eigenvalue weighted by Gasteiger charge is 2.22. The van der Waals surface area contributed by atoms with Crippen LogP contribution in [0.15, 0.2) is 58.7 Å². The van der Waals surface area contributed by atoms with Gasteiger partial charge in [0.05, 0.1) is 26.6 Å². The average molecular weight is 438 g/mol. The number of aromatic nitrogens is 2. The van der Waals surface area contributed by atoms with Gasteiger partial charge >= 0.3 is 0 Å². The fourth-order valence-corrected chi connectivity index (χ4v) is 3.74. The summed E-state index contributed by atoms with van der Waals surface area (Å²) in [5.41, 5.74) is 3.52. The van der Waals surface area contributed by atoms with Gasteiger partial charge in [-0.25, -0.2) is 0 Å². The number of amidine groups is 1. The molecule has 30 heavy (non-hydrogen) atoms. The van der Waals surface area contributed by atoms with Crippen LogP contribution >= 0.6 is 23.4 Å². The Morgan fingerprint density at radius 2 is 1.93 bits per heavy atom. The molecule has 0 atom stereocenters. The van der Waals surface area contributed by atoms with Crippen LogP contribution in [0.25, 0.3) is 17.1 Å². The van der Waals surface area contributed by atoms with Gasteiger partial charge in [-0.05, 0) is 53.7 Å². The minimum atomic E-state index is -0.340. The summed E-state index contributed by atoms with van der Waals surface area (Å²) in [6.07, 6.45) is 5.40. The minimum absolute atomic E-state index is 0.101. The van der Waals surface area contributed by atoms with Crippen LogP contribution in [-0.2, 0) is 9.59 Å². The molecule has 0 saturated carbocycles. The second-order valence-corrected chi connectivity index (χ2v) is 7.80. The average Bonchev–Trinajstić information content (AvgIpc) is 3.09. The zero-order chi connectivity index (χ0) is 21.1. The van der Waals surface area contributed by atoms with Crippen molar-refractivity contribution < 1.29 is 9.59 Å². The molecule has 2 N–H and O–H groups in total. The highest BCUT2D eigenvalue weighted by atomic mass is 35.5. The Bertz CT molecular complexity index is 1220. The zero-order valence-electron chi connectivity index (χ0n) is 15.8. The number of anilines is 2. The van der Waals surface area contributed by atoms with Crippen molar-refractivity contribution in [2.45, 2.75) is 13.3 Å². The van der Waals surface area contributed by atoms with Gasteiger partial charge < -0.3 is 10.6 Å². The maximum Gasteiger partial charge on any atom is 0.286 e. The van der Waals surface area contributed by atoms with Crippen molar-refractivity contribution in [3.8, 4) is 0 Å². The van der Waals surface area contributed by atoms with Crippen molar-refractivity contribution in [1.29, 1.82) is 0 Å². The number of amides is 2. The van der Waals surface area contributed by atoms with Gasteiger partial charge in [-0.15, -0.1) is 0 Å². The first-order valence-electron chi connectivity index (χ1n) is 9.11. The molecule has 3 aromatic rings. The number of thioether (sulfide) groups is 1. The molecule has 2 aromatic carbocycles. The van der Waals surface area contributed by atoms with Crippen LogP contribution < -0.4 is 10.6 Å². The Morgan fingerprint density at radius 1 is 1.13 bits per heavy atom. The van der Waals surface area contributed by atoms with Gasteiger partial charge in [-0.1, -0.05) is 24.6 Å². The lowest BCUT2D eigenvalue weighted by Gasteiger charge is -2.10. The van der Waals surface area contributed by atoms with Crippen molar-refractivity contribution >= 4 is 68.8 Å². The van der Waals surface area contributed by atoms with Crippen molar-refractivity contribution in [1.82, 2.24) is 9.97 Å². The van der Waals surface area contributed by atoms with Crippen LogP contribution in [0.1, 0.15) is 18.9 Å². The van der Waals surface area contributed by atoms with Crippen LogP contribution in [0, 0.1) is 0 Å². The molecule has 0 unspecified atom stereocenters. The number of carbonyl (C=O) groups is 2. The molecule has 0 saturated heterocycles. The van der Waals surface area contributed by atoms with Gasteiger partial charge in [0.2, 0.25) is 5.91 Å². The summed E-state index contributed by atoms with van der Waals surface area (Å²) < 4.78 is 0. The molecule has 0 aliphatic carbocycles. The lowest BCUT2D eigenvalue weighted by molar-refractivity contribution is -0.116. The Balaban J connectivity index is 1.51. The summed E-state index contributed by atoms with van der Waals surface area (Å²) in [4.78, 5) is 37.0. The van der Waals surface area contributed by atoms with E-state index in [1.165, 1.54) is 11.8 Å². The predicted molar refractivity (Wildman–Crippen MR) is 122 cm³/mol. The van der Waals surface area contributed by atoms with Crippen LogP contribution in [0.5, 0.6) is 0 Å². The highest BCUT2D eigenvalue weighted by molar-refractivity contribution is 8.18. The normalized spacial score (nSPS) is 14.8. The number of nitrogens with one attached hydrogen (secondary N) is 2. The lowest BCUT2D eigenvalue weighted by atomic mass is 10.2. The summed E-state index contributed by atoms with van der Waals surface area (Å²) >= 11 is 7.47. The molecule has 4 rings (SSSR count). The summed E-state index contributed by atoms with van der Waals surface area (Å²) in [5, 5.41) is 6.70. The second kappa shape index (κ2) is 8.64. The third-order valence-corrected chi connectivity index (χ3v) is 5.45. The standard InChI is InChI=1S/C21H16ClN5O2S/c1-2-19(28)25-13-4-5-14(22)16(11-13)26-21-27-20(29)18(30-21)10-12-3-6-15-17(9-12)24-8-7-23-15/h3-11H,2H2,1H3,(H,25,28)(H,26,27,29)/b18-10-. The molecular weight excluding hydrogens is 422 g/mol. The Kier molecular flexibility index (Phi) is 5.78. The molecule has 150 valence electrons. The molecule has 2 heterocycles. The van der Waals surface area contributed by atoms with E-state index in [-0.39, 0.29) is 11.8 Å². The Morgan fingerprint density at radius 3 is 2.73 bits per heavy atom. The third kappa shape index (κ3) is 4.50. The monoisotopic (exact) mass is 437 g/mol. The molecule has 0 radical (unpaired) electrons. The minimum Gasteiger partial charge on any atom is -0.333 e. The first kappa shape index (κ1) is 20.1. The van der Waals surface area contributed by atoms with Crippen molar-refractivity contribution in [3.63, 3.8) is 0 Å². The molecular formula is C21H16ClN5O2S. The topological polar surface area (TPSA) is 96.3 Å². The zero-order valence-corrected chi connectivity index (χ0v) is 17.4. The first-order chi connectivity index (χ1) is 14.5. The highest BCUT2D eigenvalue weighted by Crippen LogP contribution is 2.32. The van der Waals surface area contributed by atoms with E-state index in [4.69, 9.17) is 11.6 Å². The smallest absolute Gasteiger partial charge is 0.286 e. The lowest BCUT2D eigenvalue weighted by Crippen LogP contribution is -2.10. The number of nitrogens with zero attached hydrogens (tertiary/aromatic N) is 3. The molecule has 0 spiro atoms. The molecule has 1 aliphatic rings. The number of fused-ring (bicyclic) bond motifs is 1. The SMILES string of the molecule is CCC(=O)Nc1ccc(Cl)c(NC2=NC(=O)/C(=C/c3ccc4nccnc4c3)S2)c1. The molecule has 1 aliphatic heterocycles. The van der Waals surface area contributed by atoms with E-state index in [2.05, 4.69) is 25.6 Å². The van der Waals surface area contributed by atoms with E-state index in [9.17, 15) is 9.59 Å². The molecule has 7 nitrogen and oxygen atoms in total. The molecule has 2 amide bonds. The fraction of sp³-hybridized carbons (Fsp3) is 0.0952. The first-order valence-corrected chi connectivity index (χ1v) is 10.3. The quantitative estimate of drug-likeness (QED) is 0.573. The number of halogens is 1. The maximum atomic E-state index is 12.3. The number of hydrogen-bond acceptors (Lipinski definition) is 6. The fourth-order valence-electron chi connectivity index (χ4n) is 2.75. The molecule has 0 fully saturated rings. The number of benzene rings is 2. The Labute approximate surface area is 181 Å². The van der Waals surface area contributed by atoms with Crippen LogP contribution in [0.2, 0.25) is 5.02 Å². The van der Waals surface area contributed by atoms with Crippen LogP contribution in [0.4, 0.5) is 11.4 Å². The van der Waals surface area contributed by atoms with Crippen molar-refractivity contribution in [3.05, 3.63) is 64.3 Å². The second-order valence-electron chi connectivity index (χ2n) is 6.36. The summed E-state index contributed by atoms with van der Waals surface area (Å²) in [6, 6.07) is 10.7. The summed E-state index contributed by atoms with van der Waals surface area (Å²) in [5.74, 6) is -0.440. The molecule has 0 bridgehead atoms. The van der Waals surface area contributed by atoms with E-state index in [1.54, 1.807) is 43.6 Å². The molecule has 1 aromatic heterocycles. The van der Waals surface area contributed by atoms with E-state index in [0.29, 0.717) is 32.9 Å². The van der Waals surface area contributed by atoms with Gasteiger partial charge in [0.1, 0.15) is 0 Å². The number of rotatable bonds is 4. The van der Waals surface area contributed by atoms with Gasteiger partial charge in [0, 0.05) is 24.5 Å². The van der Waals surface area contributed by atoms with Crippen molar-refractivity contribution in [2.75, 3.05) is 10.6 Å². The van der Waals surface area contributed by atoms with E-state index in [0.717, 1.165) is 16.6 Å². The van der Waals surface area contributed by atoms with Crippen LogP contribution in [0.3, 0.4) is 0 Å². The summed E-state index contributed by atoms with van der Waals surface area (Å²) in [7, 11) is 0. The Hall–Kier alpha value is -3.23. The van der Waals surface area contributed by atoms with E-state index < -0.39 is 0 Å². The van der Waals surface area contributed by atoms with Gasteiger partial charge in [-0.2, -0.15) is 4.99 Å². The van der Waals surface area contributed by atoms with E-state index in [1.807, 2.05) is 18.2 Å². The van der Waals surface area contributed by atoms with Crippen molar-refractivity contribution in [2.24, 2.45) is 4.99 Å². The number of aliphatic imine (C=N–C) groups is 1. The molecule has 9 heteroatoms. The predicted octanol–water partition coefficient (Wildman–Crippen LogP) is 4.71. The third-order valence-electron chi connectivity index (χ3n) is 4.22. The number of hydrogen-bond donors (Lipinski definition) is 2. The maximum absolute atomic E-state index is 12.3. The van der Waals surface area contributed by atoms with Gasteiger partial charge in [0.25, 0.3) is 5.91 Å². The van der Waals surface area contributed by atoms with Gasteiger partial charge in [-0.3, -0.25) is 19.6 Å². The van der Waals surface area contributed by atoms with Crippen LogP contribution in [-0.4, -0.2) is 26.9 Å². The largest absolute Gasteiger partial charge is 0.333 e. The summed E-state index contributed by atoms with van der Waals surface area (Å²) in [6.45, 7) is 1.77. The van der Waals surface area contributed by atoms with E-state index >= 15 is 0 Å². The van der Waals surface area contributed by atoms with Gasteiger partial charge in [0.15, 0.2) is 5.17 Å². The number of carbonyl (C=O) groups excluding carboxylic acids is 2.